The quantitative estimate of drug-likeness (QED) is 0.356. The number of hydrogen-bond acceptors (Lipinski definition) is 3. The van der Waals surface area contributed by atoms with Crippen LogP contribution in [0.4, 0.5) is 5.69 Å². The third-order valence-electron chi connectivity index (χ3n) is 3.75. The van der Waals surface area contributed by atoms with Gasteiger partial charge in [-0.15, -0.1) is 0 Å². The summed E-state index contributed by atoms with van der Waals surface area (Å²) in [4.78, 5) is 23.9. The van der Waals surface area contributed by atoms with Gasteiger partial charge in [-0.3, -0.25) is 14.9 Å². The van der Waals surface area contributed by atoms with Crippen LogP contribution in [0.3, 0.4) is 0 Å². The van der Waals surface area contributed by atoms with Crippen LogP contribution in [-0.4, -0.2) is 23.5 Å². The molecule has 0 unspecified atom stereocenters. The summed E-state index contributed by atoms with van der Waals surface area (Å²) in [6.07, 6.45) is 5.04. The zero-order chi connectivity index (χ0) is 20.4. The summed E-state index contributed by atoms with van der Waals surface area (Å²) in [5, 5.41) is 9.15. The van der Waals surface area contributed by atoms with E-state index in [9.17, 15) is 9.59 Å². The van der Waals surface area contributed by atoms with Crippen molar-refractivity contribution in [1.82, 2.24) is 10.6 Å². The SMILES string of the molecule is CCCCNC(=O)c1ccc(NC(=S)NC(=O)/C=C/c2ccc(Cl)cc2)cc1. The monoisotopic (exact) mass is 415 g/mol. The van der Waals surface area contributed by atoms with Crippen LogP contribution in [0.15, 0.2) is 54.6 Å². The van der Waals surface area contributed by atoms with Gasteiger partial charge in [0.15, 0.2) is 5.11 Å². The summed E-state index contributed by atoms with van der Waals surface area (Å²) in [5.41, 5.74) is 2.10. The predicted molar refractivity (Wildman–Crippen MR) is 119 cm³/mol. The lowest BCUT2D eigenvalue weighted by Crippen LogP contribution is -2.32. The largest absolute Gasteiger partial charge is 0.352 e. The maximum atomic E-state index is 12.0. The van der Waals surface area contributed by atoms with Crippen LogP contribution in [0.2, 0.25) is 5.02 Å². The minimum atomic E-state index is -0.348. The van der Waals surface area contributed by atoms with Crippen molar-refractivity contribution < 1.29 is 9.59 Å². The number of hydrogen-bond donors (Lipinski definition) is 3. The number of anilines is 1. The molecule has 2 rings (SSSR count). The smallest absolute Gasteiger partial charge is 0.251 e. The maximum absolute atomic E-state index is 12.0. The highest BCUT2D eigenvalue weighted by atomic mass is 35.5. The molecule has 0 saturated carbocycles. The highest BCUT2D eigenvalue weighted by Crippen LogP contribution is 2.11. The van der Waals surface area contributed by atoms with E-state index in [4.69, 9.17) is 23.8 Å². The molecule has 0 bridgehead atoms. The van der Waals surface area contributed by atoms with Gasteiger partial charge in [-0.25, -0.2) is 0 Å². The third-order valence-corrected chi connectivity index (χ3v) is 4.21. The molecule has 28 heavy (non-hydrogen) atoms. The zero-order valence-corrected chi connectivity index (χ0v) is 17.1. The Morgan fingerprint density at radius 2 is 1.75 bits per heavy atom. The summed E-state index contributed by atoms with van der Waals surface area (Å²) in [5.74, 6) is -0.456. The molecular weight excluding hydrogens is 394 g/mol. The minimum Gasteiger partial charge on any atom is -0.352 e. The summed E-state index contributed by atoms with van der Waals surface area (Å²) in [6.45, 7) is 2.73. The molecule has 0 radical (unpaired) electrons. The van der Waals surface area contributed by atoms with Crippen molar-refractivity contribution in [3.05, 3.63) is 70.8 Å². The van der Waals surface area contributed by atoms with Gasteiger partial charge < -0.3 is 10.6 Å². The Kier molecular flexibility index (Phi) is 8.65. The zero-order valence-electron chi connectivity index (χ0n) is 15.5. The molecule has 0 aliphatic rings. The Bertz CT molecular complexity index is 849. The fraction of sp³-hybridized carbons (Fsp3) is 0.190. The van der Waals surface area contributed by atoms with Gasteiger partial charge in [0.1, 0.15) is 0 Å². The van der Waals surface area contributed by atoms with Gasteiger partial charge >= 0.3 is 0 Å². The van der Waals surface area contributed by atoms with Crippen molar-refractivity contribution in [3.8, 4) is 0 Å². The number of carbonyl (C=O) groups excluding carboxylic acids is 2. The lowest BCUT2D eigenvalue weighted by atomic mass is 10.2. The Labute approximate surface area is 175 Å². The molecule has 0 aliphatic carbocycles. The molecule has 2 aromatic rings. The fourth-order valence-corrected chi connectivity index (χ4v) is 2.59. The lowest BCUT2D eigenvalue weighted by Gasteiger charge is -2.09. The molecule has 0 atom stereocenters. The third kappa shape index (κ3) is 7.50. The number of rotatable bonds is 7. The van der Waals surface area contributed by atoms with Crippen molar-refractivity contribution in [2.24, 2.45) is 0 Å². The molecule has 0 heterocycles. The number of carbonyl (C=O) groups is 2. The Morgan fingerprint density at radius 3 is 2.39 bits per heavy atom. The van der Waals surface area contributed by atoms with Gasteiger partial charge in [-0.2, -0.15) is 0 Å². The summed E-state index contributed by atoms with van der Waals surface area (Å²) >= 11 is 11.0. The van der Waals surface area contributed by atoms with Crippen LogP contribution in [0, 0.1) is 0 Å². The van der Waals surface area contributed by atoms with Crippen molar-refractivity contribution in [2.75, 3.05) is 11.9 Å². The number of nitrogens with one attached hydrogen (secondary N) is 3. The number of benzene rings is 2. The van der Waals surface area contributed by atoms with Gasteiger partial charge in [-0.05, 0) is 66.7 Å². The van der Waals surface area contributed by atoms with Gasteiger partial charge in [0.25, 0.3) is 5.91 Å². The first-order valence-corrected chi connectivity index (χ1v) is 9.70. The fourth-order valence-electron chi connectivity index (χ4n) is 2.25. The molecule has 2 aromatic carbocycles. The van der Waals surface area contributed by atoms with Crippen molar-refractivity contribution in [3.63, 3.8) is 0 Å². The maximum Gasteiger partial charge on any atom is 0.251 e. The first-order valence-electron chi connectivity index (χ1n) is 8.92. The van der Waals surface area contributed by atoms with Gasteiger partial charge in [0.2, 0.25) is 5.91 Å². The second-order valence-electron chi connectivity index (χ2n) is 6.02. The van der Waals surface area contributed by atoms with Crippen LogP contribution in [0.5, 0.6) is 0 Å². The van der Waals surface area contributed by atoms with E-state index in [1.165, 1.54) is 6.08 Å². The van der Waals surface area contributed by atoms with E-state index in [1.807, 2.05) is 12.1 Å². The second kappa shape index (κ2) is 11.2. The van der Waals surface area contributed by atoms with Gasteiger partial charge in [0, 0.05) is 28.9 Å². The van der Waals surface area contributed by atoms with Crippen molar-refractivity contribution >= 4 is 52.5 Å². The highest BCUT2D eigenvalue weighted by Gasteiger charge is 2.06. The molecule has 146 valence electrons. The molecule has 0 saturated heterocycles. The topological polar surface area (TPSA) is 70.2 Å². The second-order valence-corrected chi connectivity index (χ2v) is 6.86. The number of amides is 2. The van der Waals surface area contributed by atoms with Crippen LogP contribution in [0.25, 0.3) is 6.08 Å². The van der Waals surface area contributed by atoms with E-state index in [1.54, 1.807) is 42.5 Å². The molecule has 2 amide bonds. The molecule has 5 nitrogen and oxygen atoms in total. The standard InChI is InChI=1S/C21H22ClN3O2S/c1-2-3-14-23-20(27)16-7-11-18(12-8-16)24-21(28)25-19(26)13-6-15-4-9-17(22)10-5-15/h4-13H,2-3,14H2,1H3,(H,23,27)(H2,24,25,26,28)/b13-6+. The molecular formula is C21H22ClN3O2S. The van der Waals surface area contributed by atoms with Gasteiger partial charge in [0.05, 0.1) is 0 Å². The first-order chi connectivity index (χ1) is 13.5. The molecule has 7 heteroatoms. The number of thiocarbonyl (C=S) groups is 1. The molecule has 0 aromatic heterocycles. The van der Waals surface area contributed by atoms with E-state index in [0.717, 1.165) is 18.4 Å². The summed E-state index contributed by atoms with van der Waals surface area (Å²) < 4.78 is 0. The van der Waals surface area contributed by atoms with Crippen molar-refractivity contribution in [2.45, 2.75) is 19.8 Å². The Hall–Kier alpha value is -2.70. The summed E-state index contributed by atoms with van der Waals surface area (Å²) in [7, 11) is 0. The first kappa shape index (κ1) is 21.6. The van der Waals surface area contributed by atoms with E-state index in [0.29, 0.717) is 22.8 Å². The normalized spacial score (nSPS) is 10.5. The molecule has 3 N–H and O–H groups in total. The molecule has 0 fully saturated rings. The predicted octanol–water partition coefficient (Wildman–Crippen LogP) is 4.40. The van der Waals surface area contributed by atoms with Crippen LogP contribution >= 0.6 is 23.8 Å². The number of unbranched alkanes of at least 4 members (excludes halogenated alkanes) is 1. The average Bonchev–Trinajstić information content (AvgIpc) is 2.68. The minimum absolute atomic E-state index is 0.108. The Morgan fingerprint density at radius 1 is 1.07 bits per heavy atom. The number of halogens is 1. The van der Waals surface area contributed by atoms with E-state index in [-0.39, 0.29) is 16.9 Å². The molecule has 0 aliphatic heterocycles. The lowest BCUT2D eigenvalue weighted by molar-refractivity contribution is -0.115. The van der Waals surface area contributed by atoms with E-state index in [2.05, 4.69) is 22.9 Å². The van der Waals surface area contributed by atoms with Crippen molar-refractivity contribution in [1.29, 1.82) is 0 Å². The summed E-state index contributed by atoms with van der Waals surface area (Å²) in [6, 6.07) is 14.0. The van der Waals surface area contributed by atoms with E-state index >= 15 is 0 Å². The van der Waals surface area contributed by atoms with Crippen LogP contribution in [-0.2, 0) is 4.79 Å². The average molecular weight is 416 g/mol. The van der Waals surface area contributed by atoms with Crippen LogP contribution in [0.1, 0.15) is 35.7 Å². The highest BCUT2D eigenvalue weighted by molar-refractivity contribution is 7.80. The van der Waals surface area contributed by atoms with E-state index < -0.39 is 0 Å². The molecule has 0 spiro atoms. The Balaban J connectivity index is 1.82. The van der Waals surface area contributed by atoms with Gasteiger partial charge in [-0.1, -0.05) is 37.1 Å². The van der Waals surface area contributed by atoms with Crippen LogP contribution < -0.4 is 16.0 Å².